The van der Waals surface area contributed by atoms with Crippen molar-refractivity contribution >= 4 is 19.7 Å². The van der Waals surface area contributed by atoms with Crippen LogP contribution in [0.4, 0.5) is 0 Å². The Morgan fingerprint density at radius 3 is 1.20 bits per heavy atom. The van der Waals surface area contributed by atoms with Crippen LogP contribution in [-0.4, -0.2) is 74.3 Å². The first kappa shape index (κ1) is 77.5. The topological polar surface area (TPSA) is 111 Å². The van der Waals surface area contributed by atoms with E-state index in [0.717, 1.165) is 64.2 Å². The van der Waals surface area contributed by atoms with E-state index >= 15 is 0 Å². The van der Waals surface area contributed by atoms with Gasteiger partial charge in [0.2, 0.25) is 5.91 Å². The van der Waals surface area contributed by atoms with Gasteiger partial charge in [-0.2, -0.15) is 0 Å². The fourth-order valence-electron chi connectivity index (χ4n) is 9.63. The smallest absolute Gasteiger partial charge is 0.456 e. The molecule has 0 bridgehead atoms. The van der Waals surface area contributed by atoms with Gasteiger partial charge in [-0.15, -0.1) is 0 Å². The minimum atomic E-state index is -4.46. The number of carbonyl (C=O) groups is 2. The molecule has 0 aliphatic rings. The third-order valence-electron chi connectivity index (χ3n) is 14.9. The molecule has 0 aliphatic heterocycles. The SMILES string of the molecule is CCCCC/C=C\C/C=C\C/C=C\C/C=C\CCCC(=O)OC(/C=C\CCCCCCCCCCCC)C(COP(=O)(O)OCC[N+](C)(C)C)NC(=O)CCCCCCCCCCCCCCCCC/C=C/CCCCCCCC. The molecule has 0 aromatic heterocycles. The molecule has 0 saturated carbocycles. The van der Waals surface area contributed by atoms with Gasteiger partial charge in [0.25, 0.3) is 0 Å². The average Bonchev–Trinajstić information content (AvgIpc) is 3.42. The molecule has 466 valence electrons. The third kappa shape index (κ3) is 60.1. The summed E-state index contributed by atoms with van der Waals surface area (Å²) in [7, 11) is 1.47. The number of carbonyl (C=O) groups excluding carboxylic acids is 2. The van der Waals surface area contributed by atoms with E-state index in [1.165, 1.54) is 205 Å². The van der Waals surface area contributed by atoms with Crippen LogP contribution in [0.5, 0.6) is 0 Å². The number of quaternary nitrogens is 1. The van der Waals surface area contributed by atoms with Crippen LogP contribution in [0, 0.1) is 0 Å². The van der Waals surface area contributed by atoms with Crippen molar-refractivity contribution in [3.05, 3.63) is 72.9 Å². The second kappa shape index (κ2) is 59.6. The number of ether oxygens (including phenoxy) is 1. The predicted molar refractivity (Wildman–Crippen MR) is 346 cm³/mol. The van der Waals surface area contributed by atoms with Crippen molar-refractivity contribution in [3.8, 4) is 0 Å². The number of nitrogens with zero attached hydrogens (tertiary/aromatic N) is 1. The Labute approximate surface area is 495 Å². The fourth-order valence-corrected chi connectivity index (χ4v) is 10.4. The maximum Gasteiger partial charge on any atom is 0.472 e. The standard InChI is InChI=1S/C70H129N2O7P/c1-7-10-13-16-19-22-25-28-30-32-33-34-35-36-37-38-39-41-42-44-47-50-53-56-59-62-69(73)71-67(66-78-80(75,76)77-65-64-72(4,5)6)68(61-58-55-52-49-46-27-24-21-18-15-12-9-3)79-70(74)63-60-57-54-51-48-45-43-40-31-29-26-23-20-17-14-11-8-2/h20,23,28-31,43,45,51,54,58,61,67-68H,7-19,21-22,24-27,32-42,44,46-50,52-53,55-57,59-60,62-66H2,1-6H3,(H-,71,73,75,76)/p+1/b23-20-,30-28+,31-29-,45-43-,54-51-,61-58-. The van der Waals surface area contributed by atoms with E-state index in [2.05, 4.69) is 86.8 Å². The van der Waals surface area contributed by atoms with Gasteiger partial charge >= 0.3 is 13.8 Å². The van der Waals surface area contributed by atoms with Gasteiger partial charge in [-0.05, 0) is 96.0 Å². The molecule has 10 heteroatoms. The molecule has 9 nitrogen and oxygen atoms in total. The highest BCUT2D eigenvalue weighted by atomic mass is 31.2. The molecule has 3 unspecified atom stereocenters. The first-order chi connectivity index (χ1) is 38.9. The zero-order valence-electron chi connectivity index (χ0n) is 53.3. The Kier molecular flexibility index (Phi) is 57.7. The van der Waals surface area contributed by atoms with Crippen LogP contribution in [0.25, 0.3) is 0 Å². The number of allylic oxidation sites excluding steroid dienone is 11. The molecule has 0 aromatic carbocycles. The molecule has 0 rings (SSSR count). The first-order valence-electron chi connectivity index (χ1n) is 33.8. The summed E-state index contributed by atoms with van der Waals surface area (Å²) in [5.41, 5.74) is 0. The predicted octanol–water partition coefficient (Wildman–Crippen LogP) is 21.2. The fraction of sp³-hybridized carbons (Fsp3) is 0.800. The van der Waals surface area contributed by atoms with Crippen molar-refractivity contribution < 1.29 is 37.3 Å². The van der Waals surface area contributed by atoms with E-state index < -0.39 is 20.0 Å². The number of rotatable bonds is 61. The van der Waals surface area contributed by atoms with E-state index in [0.29, 0.717) is 23.9 Å². The molecule has 0 heterocycles. The number of phosphoric acid groups is 1. The van der Waals surface area contributed by atoms with Crippen molar-refractivity contribution in [2.24, 2.45) is 0 Å². The summed E-state index contributed by atoms with van der Waals surface area (Å²) in [6, 6.07) is -0.872. The maximum atomic E-state index is 13.6. The van der Waals surface area contributed by atoms with Crippen molar-refractivity contribution in [1.82, 2.24) is 5.32 Å². The zero-order valence-corrected chi connectivity index (χ0v) is 54.2. The number of esters is 1. The third-order valence-corrected chi connectivity index (χ3v) is 15.9. The summed E-state index contributed by atoms with van der Waals surface area (Å²) in [5, 5.41) is 3.05. The molecule has 1 amide bonds. The van der Waals surface area contributed by atoms with E-state index in [4.69, 9.17) is 13.8 Å². The molecule has 0 saturated heterocycles. The van der Waals surface area contributed by atoms with Crippen molar-refractivity contribution in [2.75, 3.05) is 40.9 Å². The molecule has 0 fully saturated rings. The lowest BCUT2D eigenvalue weighted by Gasteiger charge is -2.27. The molecule has 80 heavy (non-hydrogen) atoms. The van der Waals surface area contributed by atoms with Crippen LogP contribution < -0.4 is 5.32 Å². The summed E-state index contributed by atoms with van der Waals surface area (Å²) in [6.07, 6.45) is 77.8. The van der Waals surface area contributed by atoms with Crippen LogP contribution in [0.15, 0.2) is 72.9 Å². The number of unbranched alkanes of at least 4 members (excludes halogenated alkanes) is 35. The Hall–Kier alpha value is -2.55. The van der Waals surface area contributed by atoms with E-state index in [1.54, 1.807) is 0 Å². The number of likely N-dealkylation sites (N-methyl/N-ethyl adjacent to an activating group) is 1. The average molecular weight is 1140 g/mol. The Morgan fingerprint density at radius 1 is 0.438 bits per heavy atom. The normalized spacial score (nSPS) is 14.0. The first-order valence-corrected chi connectivity index (χ1v) is 35.3. The van der Waals surface area contributed by atoms with Gasteiger partial charge in [-0.1, -0.05) is 274 Å². The molecular weight excluding hydrogens is 1010 g/mol. The Bertz CT molecular complexity index is 1600. The van der Waals surface area contributed by atoms with Crippen molar-refractivity contribution in [3.63, 3.8) is 0 Å². The highest BCUT2D eigenvalue weighted by Gasteiger charge is 2.30. The lowest BCUT2D eigenvalue weighted by atomic mass is 10.0. The molecule has 3 atom stereocenters. The largest absolute Gasteiger partial charge is 0.472 e. The van der Waals surface area contributed by atoms with Gasteiger partial charge < -0.3 is 19.4 Å². The van der Waals surface area contributed by atoms with Crippen LogP contribution in [0.3, 0.4) is 0 Å². The monoisotopic (exact) mass is 1140 g/mol. The van der Waals surface area contributed by atoms with Crippen LogP contribution in [-0.2, 0) is 27.9 Å². The summed E-state index contributed by atoms with van der Waals surface area (Å²) >= 11 is 0. The van der Waals surface area contributed by atoms with Crippen molar-refractivity contribution in [2.45, 2.75) is 322 Å². The van der Waals surface area contributed by atoms with Gasteiger partial charge in [-0.25, -0.2) is 4.57 Å². The summed E-state index contributed by atoms with van der Waals surface area (Å²) in [6.45, 7) is 6.97. The molecule has 0 aliphatic carbocycles. The van der Waals surface area contributed by atoms with E-state index in [-0.39, 0.29) is 31.5 Å². The van der Waals surface area contributed by atoms with Crippen LogP contribution >= 0.6 is 7.82 Å². The second-order valence-corrected chi connectivity index (χ2v) is 25.4. The lowest BCUT2D eigenvalue weighted by Crippen LogP contribution is -2.47. The van der Waals surface area contributed by atoms with Gasteiger partial charge in [-0.3, -0.25) is 18.6 Å². The number of hydrogen-bond acceptors (Lipinski definition) is 6. The Balaban J connectivity index is 5.14. The number of phosphoric ester groups is 1. The molecule has 0 aromatic rings. The summed E-state index contributed by atoms with van der Waals surface area (Å²) in [5.74, 6) is -0.563. The minimum absolute atomic E-state index is 0.0308. The number of nitrogens with one attached hydrogen (secondary N) is 1. The lowest BCUT2D eigenvalue weighted by molar-refractivity contribution is -0.870. The highest BCUT2D eigenvalue weighted by molar-refractivity contribution is 7.47. The molecular formula is C70H130N2O7P+. The zero-order chi connectivity index (χ0) is 58.6. The number of amides is 1. The van der Waals surface area contributed by atoms with Gasteiger partial charge in [0.15, 0.2) is 0 Å². The summed E-state index contributed by atoms with van der Waals surface area (Å²) < 4.78 is 30.7. The van der Waals surface area contributed by atoms with Crippen molar-refractivity contribution in [1.29, 1.82) is 0 Å². The van der Waals surface area contributed by atoms with Crippen LogP contribution in [0.1, 0.15) is 310 Å². The molecule has 0 spiro atoms. The maximum absolute atomic E-state index is 13.6. The molecule has 0 radical (unpaired) electrons. The highest BCUT2D eigenvalue weighted by Crippen LogP contribution is 2.43. The Morgan fingerprint density at radius 2 is 0.775 bits per heavy atom. The van der Waals surface area contributed by atoms with Gasteiger partial charge in [0.1, 0.15) is 19.3 Å². The van der Waals surface area contributed by atoms with Gasteiger partial charge in [0.05, 0.1) is 33.8 Å². The quantitative estimate of drug-likeness (QED) is 0.0205. The molecule has 2 N–H and O–H groups in total. The number of hydrogen-bond donors (Lipinski definition) is 2. The van der Waals surface area contributed by atoms with Crippen LogP contribution in [0.2, 0.25) is 0 Å². The second-order valence-electron chi connectivity index (χ2n) is 24.0. The minimum Gasteiger partial charge on any atom is -0.456 e. The van der Waals surface area contributed by atoms with Gasteiger partial charge in [0, 0.05) is 12.8 Å². The summed E-state index contributed by atoms with van der Waals surface area (Å²) in [4.78, 5) is 37.8. The van der Waals surface area contributed by atoms with E-state index in [9.17, 15) is 19.0 Å². The van der Waals surface area contributed by atoms with E-state index in [1.807, 2.05) is 33.3 Å².